The molecular weight excluding hydrogens is 505 g/mol. The lowest BCUT2D eigenvalue weighted by molar-refractivity contribution is -0.151. The summed E-state index contributed by atoms with van der Waals surface area (Å²) in [6.07, 6.45) is -0.367. The van der Waals surface area contributed by atoms with E-state index in [0.29, 0.717) is 19.4 Å². The van der Waals surface area contributed by atoms with Gasteiger partial charge in [-0.15, -0.1) is 11.3 Å². The van der Waals surface area contributed by atoms with Crippen molar-refractivity contribution < 1.29 is 33.1 Å². The summed E-state index contributed by atoms with van der Waals surface area (Å²) in [5.74, 6) is -1.80. The number of carbonyl (C=O) groups is 2. The summed E-state index contributed by atoms with van der Waals surface area (Å²) in [4.78, 5) is 26.7. The molecule has 13 heteroatoms. The molecule has 1 aliphatic heterocycles. The molecule has 2 heterocycles. The van der Waals surface area contributed by atoms with Gasteiger partial charge in [0.05, 0.1) is 12.5 Å². The lowest BCUT2D eigenvalue weighted by atomic mass is 9.92. The largest absolute Gasteiger partial charge is 0.494 e. The standard InChI is InChI=1S/C23H32BN3O7S2/c1-2-34-17-8-6-16(7-9-17)4-3-5-18(21(28)22(29)25-31)23(30)26-12-14-27(15-13-26)36(32,33)20-11-10-19(24)35-20/h6-11,18,21,28,31H,2-5,12-15,24H2,1H3,(H,25,29)/t18-,21+/m1/s1. The predicted molar refractivity (Wildman–Crippen MR) is 138 cm³/mol. The quantitative estimate of drug-likeness (QED) is 0.204. The molecule has 1 aliphatic rings. The summed E-state index contributed by atoms with van der Waals surface area (Å²) in [5, 5.41) is 19.4. The van der Waals surface area contributed by atoms with Gasteiger partial charge in [-0.25, -0.2) is 13.9 Å². The molecule has 1 saturated heterocycles. The van der Waals surface area contributed by atoms with Gasteiger partial charge in [0.1, 0.15) is 16.1 Å². The summed E-state index contributed by atoms with van der Waals surface area (Å²) in [7, 11) is -1.80. The van der Waals surface area contributed by atoms with Crippen LogP contribution in [0.3, 0.4) is 0 Å². The Bertz CT molecular complexity index is 1130. The van der Waals surface area contributed by atoms with Crippen molar-refractivity contribution in [2.75, 3.05) is 32.8 Å². The van der Waals surface area contributed by atoms with E-state index in [-0.39, 0.29) is 36.8 Å². The van der Waals surface area contributed by atoms with Crippen LogP contribution in [0.5, 0.6) is 5.75 Å². The Hall–Kier alpha value is -2.45. The number of nitrogens with one attached hydrogen (secondary N) is 1. The molecule has 0 bridgehead atoms. The molecule has 1 fully saturated rings. The Morgan fingerprint density at radius 3 is 2.36 bits per heavy atom. The first-order valence-corrected chi connectivity index (χ1v) is 14.1. The van der Waals surface area contributed by atoms with Gasteiger partial charge in [-0.3, -0.25) is 14.8 Å². The molecule has 2 atom stereocenters. The number of piperazine rings is 1. The van der Waals surface area contributed by atoms with Crippen molar-refractivity contribution in [1.29, 1.82) is 0 Å². The van der Waals surface area contributed by atoms with Crippen molar-refractivity contribution in [3.05, 3.63) is 42.0 Å². The third kappa shape index (κ3) is 6.86. The molecule has 1 aromatic heterocycles. The number of aryl methyl sites for hydroxylation is 1. The van der Waals surface area contributed by atoms with Crippen LogP contribution in [0.15, 0.2) is 40.6 Å². The van der Waals surface area contributed by atoms with E-state index in [4.69, 9.17) is 9.94 Å². The zero-order valence-electron chi connectivity index (χ0n) is 20.4. The second-order valence-electron chi connectivity index (χ2n) is 8.59. The van der Waals surface area contributed by atoms with Gasteiger partial charge in [0.2, 0.25) is 5.91 Å². The summed E-state index contributed by atoms with van der Waals surface area (Å²) in [5.41, 5.74) is 2.44. The molecule has 3 N–H and O–H groups in total. The van der Waals surface area contributed by atoms with E-state index >= 15 is 0 Å². The molecule has 0 unspecified atom stereocenters. The molecule has 3 rings (SSSR count). The van der Waals surface area contributed by atoms with Crippen molar-refractivity contribution in [3.63, 3.8) is 0 Å². The van der Waals surface area contributed by atoms with Gasteiger partial charge in [-0.2, -0.15) is 4.31 Å². The van der Waals surface area contributed by atoms with Crippen molar-refractivity contribution in [3.8, 4) is 5.75 Å². The first-order chi connectivity index (χ1) is 17.2. The molecule has 1 aromatic carbocycles. The maximum Gasteiger partial charge on any atom is 0.272 e. The molecule has 2 amide bonds. The Balaban J connectivity index is 1.62. The van der Waals surface area contributed by atoms with E-state index in [1.807, 2.05) is 39.0 Å². The fourth-order valence-corrected chi connectivity index (χ4v) is 7.03. The monoisotopic (exact) mass is 537 g/mol. The van der Waals surface area contributed by atoms with Crippen LogP contribution in [0.25, 0.3) is 0 Å². The van der Waals surface area contributed by atoms with Crippen molar-refractivity contribution in [2.24, 2.45) is 5.92 Å². The number of amides is 2. The number of hydrogen-bond acceptors (Lipinski definition) is 8. The lowest BCUT2D eigenvalue weighted by Gasteiger charge is -2.36. The third-order valence-corrected chi connectivity index (χ3v) is 9.52. The van der Waals surface area contributed by atoms with Crippen LogP contribution >= 0.6 is 11.3 Å². The van der Waals surface area contributed by atoms with Crippen LogP contribution in [-0.4, -0.2) is 86.5 Å². The third-order valence-electron chi connectivity index (χ3n) is 6.15. The number of carbonyl (C=O) groups excluding carboxylic acids is 2. The number of hydrogen-bond donors (Lipinski definition) is 3. The van der Waals surface area contributed by atoms with Gasteiger partial charge in [-0.1, -0.05) is 18.2 Å². The van der Waals surface area contributed by atoms with E-state index in [1.54, 1.807) is 12.1 Å². The molecule has 2 aromatic rings. The Morgan fingerprint density at radius 2 is 1.81 bits per heavy atom. The van der Waals surface area contributed by atoms with Crippen LogP contribution in [-0.2, 0) is 26.0 Å². The van der Waals surface area contributed by atoms with Crippen LogP contribution in [0.4, 0.5) is 0 Å². The van der Waals surface area contributed by atoms with E-state index < -0.39 is 33.9 Å². The molecule has 0 aliphatic carbocycles. The van der Waals surface area contributed by atoms with Gasteiger partial charge in [-0.05, 0) is 54.7 Å². The van der Waals surface area contributed by atoms with Crippen molar-refractivity contribution in [2.45, 2.75) is 36.5 Å². The number of aliphatic hydroxyl groups excluding tert-OH is 1. The first-order valence-electron chi connectivity index (χ1n) is 11.9. The molecule has 0 saturated carbocycles. The van der Waals surface area contributed by atoms with Gasteiger partial charge in [0.15, 0.2) is 7.85 Å². The highest BCUT2D eigenvalue weighted by molar-refractivity contribution is 7.91. The predicted octanol–water partition coefficient (Wildman–Crippen LogP) is -0.256. The molecular formula is C23H32BN3O7S2. The summed E-state index contributed by atoms with van der Waals surface area (Å²) in [6, 6.07) is 10.9. The SMILES string of the molecule is Bc1ccc(S(=O)(=O)N2CCN(C(=O)[C@H](CCCc3ccc(OCC)cc3)[C@H](O)C(=O)NO)CC2)s1. The molecule has 0 spiro atoms. The first kappa shape index (κ1) is 28.1. The van der Waals surface area contributed by atoms with E-state index in [1.165, 1.54) is 26.0 Å². The fourth-order valence-electron chi connectivity index (χ4n) is 4.17. The number of nitrogens with zero attached hydrogens (tertiary/aromatic N) is 2. The number of rotatable bonds is 11. The minimum Gasteiger partial charge on any atom is -0.494 e. The molecule has 196 valence electrons. The van der Waals surface area contributed by atoms with E-state index in [0.717, 1.165) is 16.1 Å². The lowest BCUT2D eigenvalue weighted by Crippen LogP contribution is -2.54. The minimum absolute atomic E-state index is 0.117. The zero-order valence-corrected chi connectivity index (χ0v) is 22.1. The normalized spacial score (nSPS) is 16.4. The maximum absolute atomic E-state index is 13.3. The number of sulfonamides is 1. The Labute approximate surface area is 216 Å². The van der Waals surface area contributed by atoms with Gasteiger partial charge >= 0.3 is 0 Å². The molecule has 0 radical (unpaired) electrons. The van der Waals surface area contributed by atoms with Crippen LogP contribution in [0.2, 0.25) is 0 Å². The summed E-state index contributed by atoms with van der Waals surface area (Å²) >= 11 is 1.20. The Kier molecular flexibility index (Phi) is 9.91. The second-order valence-corrected chi connectivity index (χ2v) is 12.0. The average Bonchev–Trinajstić information content (AvgIpc) is 3.34. The fraction of sp³-hybridized carbons (Fsp3) is 0.478. The van der Waals surface area contributed by atoms with Crippen molar-refractivity contribution >= 4 is 45.8 Å². The maximum atomic E-state index is 13.3. The van der Waals surface area contributed by atoms with E-state index in [9.17, 15) is 23.1 Å². The van der Waals surface area contributed by atoms with Crippen LogP contribution in [0.1, 0.15) is 25.3 Å². The summed E-state index contributed by atoms with van der Waals surface area (Å²) in [6.45, 7) is 3.00. The van der Waals surface area contributed by atoms with Gasteiger partial charge in [0, 0.05) is 26.2 Å². The highest BCUT2D eigenvalue weighted by Crippen LogP contribution is 2.23. The highest BCUT2D eigenvalue weighted by atomic mass is 32.2. The smallest absolute Gasteiger partial charge is 0.272 e. The second kappa shape index (κ2) is 12.7. The molecule has 10 nitrogen and oxygen atoms in total. The zero-order chi connectivity index (χ0) is 26.3. The van der Waals surface area contributed by atoms with Crippen molar-refractivity contribution in [1.82, 2.24) is 14.7 Å². The molecule has 36 heavy (non-hydrogen) atoms. The van der Waals surface area contributed by atoms with Crippen LogP contribution in [0, 0.1) is 5.92 Å². The van der Waals surface area contributed by atoms with Crippen LogP contribution < -0.4 is 15.0 Å². The van der Waals surface area contributed by atoms with Gasteiger partial charge < -0.3 is 14.7 Å². The number of ether oxygens (including phenoxy) is 1. The minimum atomic E-state index is -3.64. The topological polar surface area (TPSA) is 136 Å². The average molecular weight is 537 g/mol. The number of benzene rings is 1. The number of thiophene rings is 1. The summed E-state index contributed by atoms with van der Waals surface area (Å²) < 4.78 is 33.7. The highest BCUT2D eigenvalue weighted by Gasteiger charge is 2.37. The number of hydroxylamine groups is 1. The van der Waals surface area contributed by atoms with E-state index in [2.05, 4.69) is 0 Å². The Morgan fingerprint density at radius 1 is 1.14 bits per heavy atom. The number of aliphatic hydroxyl groups is 1. The van der Waals surface area contributed by atoms with Gasteiger partial charge in [0.25, 0.3) is 15.9 Å².